The lowest BCUT2D eigenvalue weighted by atomic mass is 9.53. The predicted molar refractivity (Wildman–Crippen MR) is 175 cm³/mol. The van der Waals surface area contributed by atoms with E-state index in [4.69, 9.17) is 23.7 Å². The second kappa shape index (κ2) is 12.3. The Morgan fingerprint density at radius 3 is 2.17 bits per heavy atom. The summed E-state index contributed by atoms with van der Waals surface area (Å²) in [7, 11) is 1.82. The number of esters is 4. The fraction of sp³-hybridized carbons (Fsp3) is 0.897. The van der Waals surface area contributed by atoms with Crippen LogP contribution in [0, 0.1) is 52.3 Å². The van der Waals surface area contributed by atoms with Crippen molar-refractivity contribution in [3.63, 3.8) is 0 Å². The molecule has 1 aliphatic heterocycles. The summed E-state index contributed by atoms with van der Waals surface area (Å²) in [5, 5.41) is 0. The molecular formula is C39H58O9. The smallest absolute Gasteiger partial charge is 0.312 e. The Morgan fingerprint density at radius 1 is 0.875 bits per heavy atom. The molecule has 1 heterocycles. The minimum absolute atomic E-state index is 0.0601. The molecule has 0 radical (unpaired) electrons. The third kappa shape index (κ3) is 5.79. The second-order valence-corrected chi connectivity index (χ2v) is 18.1. The lowest BCUT2D eigenvalue weighted by Crippen LogP contribution is -2.59. The Kier molecular flexibility index (Phi) is 8.76. The fourth-order valence-electron chi connectivity index (χ4n) is 11.7. The van der Waals surface area contributed by atoms with Crippen LogP contribution in [0.5, 0.6) is 0 Å². The maximum absolute atomic E-state index is 14.2. The number of carbonyl (C=O) groups is 4. The van der Waals surface area contributed by atoms with Crippen molar-refractivity contribution in [1.82, 2.24) is 0 Å². The van der Waals surface area contributed by atoms with Gasteiger partial charge < -0.3 is 23.7 Å². The molecule has 7 aliphatic carbocycles. The number of ether oxygens (including phenoxy) is 5. The highest BCUT2D eigenvalue weighted by molar-refractivity contribution is 5.81. The summed E-state index contributed by atoms with van der Waals surface area (Å²) in [6.45, 7) is 9.61. The van der Waals surface area contributed by atoms with Crippen LogP contribution in [-0.4, -0.2) is 60.5 Å². The average Bonchev–Trinajstić information content (AvgIpc) is 3.81. The maximum atomic E-state index is 14.2. The molecule has 9 nitrogen and oxygen atoms in total. The molecule has 268 valence electrons. The minimum Gasteiger partial charge on any atom is -0.461 e. The molecule has 6 bridgehead atoms. The van der Waals surface area contributed by atoms with E-state index in [0.717, 1.165) is 70.6 Å². The summed E-state index contributed by atoms with van der Waals surface area (Å²) in [6, 6.07) is 0. The van der Waals surface area contributed by atoms with Crippen LogP contribution in [0.15, 0.2) is 0 Å². The van der Waals surface area contributed by atoms with Gasteiger partial charge in [0.1, 0.15) is 23.9 Å². The van der Waals surface area contributed by atoms with Crippen molar-refractivity contribution in [3.8, 4) is 0 Å². The van der Waals surface area contributed by atoms with Crippen molar-refractivity contribution in [2.24, 2.45) is 52.3 Å². The highest BCUT2D eigenvalue weighted by atomic mass is 16.6. The summed E-state index contributed by atoms with van der Waals surface area (Å²) in [6.07, 6.45) is 11.1. The number of carbonyl (C=O) groups excluding carboxylic acids is 4. The predicted octanol–water partition coefficient (Wildman–Crippen LogP) is 6.72. The van der Waals surface area contributed by atoms with Gasteiger partial charge in [0.2, 0.25) is 0 Å². The molecule has 48 heavy (non-hydrogen) atoms. The van der Waals surface area contributed by atoms with Crippen LogP contribution in [0.25, 0.3) is 0 Å². The number of hydrogen-bond acceptors (Lipinski definition) is 9. The zero-order valence-electron chi connectivity index (χ0n) is 30.1. The summed E-state index contributed by atoms with van der Waals surface area (Å²) < 4.78 is 30.7. The molecule has 9 unspecified atom stereocenters. The summed E-state index contributed by atoms with van der Waals surface area (Å²) in [5.41, 5.74) is -2.52. The van der Waals surface area contributed by atoms with Gasteiger partial charge in [0.15, 0.2) is 0 Å². The van der Waals surface area contributed by atoms with E-state index in [2.05, 4.69) is 6.92 Å². The summed E-state index contributed by atoms with van der Waals surface area (Å²) in [4.78, 5) is 54.7. The van der Waals surface area contributed by atoms with E-state index in [9.17, 15) is 19.2 Å². The van der Waals surface area contributed by atoms with Gasteiger partial charge in [-0.1, -0.05) is 13.8 Å². The number of hydrogen-bond donors (Lipinski definition) is 0. The average molecular weight is 671 g/mol. The number of fused-ring (bicyclic) bond motifs is 1. The van der Waals surface area contributed by atoms with Crippen LogP contribution in [0.1, 0.15) is 131 Å². The van der Waals surface area contributed by atoms with Gasteiger partial charge in [0.05, 0.1) is 28.3 Å². The molecule has 0 aromatic carbocycles. The Bertz CT molecular complexity index is 1280. The zero-order valence-corrected chi connectivity index (χ0v) is 30.1. The van der Waals surface area contributed by atoms with E-state index in [1.165, 1.54) is 0 Å². The Balaban J connectivity index is 1.07. The number of rotatable bonds is 13. The van der Waals surface area contributed by atoms with Crippen LogP contribution in [0.3, 0.4) is 0 Å². The largest absolute Gasteiger partial charge is 0.461 e. The van der Waals surface area contributed by atoms with E-state index in [1.54, 1.807) is 0 Å². The van der Waals surface area contributed by atoms with Gasteiger partial charge in [-0.15, -0.1) is 0 Å². The molecule has 0 N–H and O–H groups in total. The van der Waals surface area contributed by atoms with E-state index >= 15 is 0 Å². The topological polar surface area (TPSA) is 114 Å². The molecule has 7 saturated carbocycles. The van der Waals surface area contributed by atoms with Crippen molar-refractivity contribution in [2.75, 3.05) is 7.11 Å². The molecule has 8 fully saturated rings. The summed E-state index contributed by atoms with van der Waals surface area (Å²) >= 11 is 0. The molecule has 9 heteroatoms. The molecular weight excluding hydrogens is 612 g/mol. The molecule has 9 atom stereocenters. The Labute approximate surface area is 286 Å². The lowest BCUT2D eigenvalue weighted by Gasteiger charge is -2.58. The van der Waals surface area contributed by atoms with Crippen molar-refractivity contribution < 1.29 is 42.9 Å². The van der Waals surface area contributed by atoms with Crippen LogP contribution in [-0.2, 0) is 42.9 Å². The fourth-order valence-corrected chi connectivity index (χ4v) is 11.7. The molecule has 8 aliphatic rings. The van der Waals surface area contributed by atoms with Crippen LogP contribution < -0.4 is 0 Å². The standard InChI is InChI=1S/C39H58O9/c1-7-37(5,35(43)47-30-23-15-27-28(16-23)33(41)45-31(27)30)19-26(32(40)48-38(8-2)11-9-10-12-38)18-36(3,4)34(42)46-29-24-13-22-14-25(29)21-39(17-22,20-24)44-6/h22-31H,7-21H2,1-6H3. The highest BCUT2D eigenvalue weighted by Crippen LogP contribution is 2.59. The molecule has 8 rings (SSSR count). The SMILES string of the molecule is CCC1(OC(=O)C(CC(C)(C)C(=O)OC2C3CC4CC2CC(OC)(C4)C3)CC(C)(CC)C(=O)OC2C3CC4C(=O)OC2C4C3)CCCC1. The zero-order chi connectivity index (χ0) is 34.2. The first-order chi connectivity index (χ1) is 22.7. The maximum Gasteiger partial charge on any atom is 0.312 e. The minimum atomic E-state index is -0.988. The number of methoxy groups -OCH3 is 1. The molecule has 1 saturated heterocycles. The van der Waals surface area contributed by atoms with Gasteiger partial charge in [-0.05, 0) is 135 Å². The van der Waals surface area contributed by atoms with E-state index in [0.29, 0.717) is 30.6 Å². The molecule has 0 aromatic rings. The Hall–Kier alpha value is -2.16. The molecule has 0 aromatic heterocycles. The van der Waals surface area contributed by atoms with Crippen molar-refractivity contribution >= 4 is 23.9 Å². The third-order valence-electron chi connectivity index (χ3n) is 14.6. The van der Waals surface area contributed by atoms with E-state index in [1.807, 2.05) is 34.8 Å². The molecule has 0 amide bonds. The van der Waals surface area contributed by atoms with Gasteiger partial charge in [-0.2, -0.15) is 0 Å². The quantitative estimate of drug-likeness (QED) is 0.156. The van der Waals surface area contributed by atoms with Crippen molar-refractivity contribution in [1.29, 1.82) is 0 Å². The van der Waals surface area contributed by atoms with Gasteiger partial charge in [0, 0.05) is 18.9 Å². The van der Waals surface area contributed by atoms with Crippen LogP contribution in [0.4, 0.5) is 0 Å². The van der Waals surface area contributed by atoms with Gasteiger partial charge in [0.25, 0.3) is 0 Å². The monoisotopic (exact) mass is 670 g/mol. The van der Waals surface area contributed by atoms with Crippen molar-refractivity contribution in [3.05, 3.63) is 0 Å². The summed E-state index contributed by atoms with van der Waals surface area (Å²) in [5.74, 6) is -0.389. The van der Waals surface area contributed by atoms with Gasteiger partial charge in [-0.25, -0.2) is 0 Å². The normalized spacial score (nSPS) is 40.4. The first-order valence-electron chi connectivity index (χ1n) is 19.1. The van der Waals surface area contributed by atoms with E-state index in [-0.39, 0.29) is 72.3 Å². The van der Waals surface area contributed by atoms with Crippen LogP contribution >= 0.6 is 0 Å². The third-order valence-corrected chi connectivity index (χ3v) is 14.6. The second-order valence-electron chi connectivity index (χ2n) is 18.1. The van der Waals surface area contributed by atoms with E-state index < -0.39 is 28.5 Å². The van der Waals surface area contributed by atoms with Crippen LogP contribution in [0.2, 0.25) is 0 Å². The Morgan fingerprint density at radius 2 is 1.54 bits per heavy atom. The first kappa shape index (κ1) is 34.3. The lowest BCUT2D eigenvalue weighted by molar-refractivity contribution is -0.211. The molecule has 0 spiro atoms. The first-order valence-corrected chi connectivity index (χ1v) is 19.1. The highest BCUT2D eigenvalue weighted by Gasteiger charge is 2.64. The van der Waals surface area contributed by atoms with Crippen molar-refractivity contribution in [2.45, 2.75) is 160 Å². The van der Waals surface area contributed by atoms with Gasteiger partial charge >= 0.3 is 23.9 Å². The van der Waals surface area contributed by atoms with Gasteiger partial charge in [-0.3, -0.25) is 19.2 Å².